The zero-order valence-corrected chi connectivity index (χ0v) is 15.2. The molecule has 0 bridgehead atoms. The molecule has 2 aromatic carbocycles. The lowest BCUT2D eigenvalue weighted by Gasteiger charge is -2.38. The third-order valence-corrected chi connectivity index (χ3v) is 5.02. The quantitative estimate of drug-likeness (QED) is 0.924. The van der Waals surface area contributed by atoms with E-state index >= 15 is 0 Å². The van der Waals surface area contributed by atoms with Gasteiger partial charge in [0.25, 0.3) is 5.91 Å². The Morgan fingerprint density at radius 1 is 0.846 bits per heavy atom. The van der Waals surface area contributed by atoms with Crippen LogP contribution >= 0.6 is 0 Å². The first-order valence-electron chi connectivity index (χ1n) is 8.83. The Labute approximate surface area is 153 Å². The standard InChI is InChI=1S/C21H24N2O3/c1-21(2,16-8-4-3-5-9-16)20(26)23-14-12-22(13-15-23)19(25)17-10-6-7-11-18(17)24/h3-11,24H,12-15H2,1-2H3. The molecule has 0 aliphatic carbocycles. The number of carbonyl (C=O) groups excluding carboxylic acids is 2. The lowest BCUT2D eigenvalue weighted by molar-refractivity contribution is -0.137. The highest BCUT2D eigenvalue weighted by molar-refractivity contribution is 5.97. The van der Waals surface area contributed by atoms with Crippen molar-refractivity contribution in [1.82, 2.24) is 9.80 Å². The molecule has 0 radical (unpaired) electrons. The highest BCUT2D eigenvalue weighted by atomic mass is 16.3. The number of nitrogens with zero attached hydrogens (tertiary/aromatic N) is 2. The predicted octanol–water partition coefficient (Wildman–Crippen LogP) is 2.65. The zero-order chi connectivity index (χ0) is 18.7. The van der Waals surface area contributed by atoms with E-state index in [0.29, 0.717) is 31.7 Å². The lowest BCUT2D eigenvalue weighted by Crippen LogP contribution is -2.54. The van der Waals surface area contributed by atoms with Gasteiger partial charge in [-0.25, -0.2) is 0 Å². The topological polar surface area (TPSA) is 60.9 Å². The van der Waals surface area contributed by atoms with Gasteiger partial charge in [0, 0.05) is 26.2 Å². The van der Waals surface area contributed by atoms with Gasteiger partial charge in [-0.05, 0) is 31.5 Å². The Morgan fingerprint density at radius 2 is 1.38 bits per heavy atom. The Bertz CT molecular complexity index is 794. The van der Waals surface area contributed by atoms with Crippen molar-refractivity contribution in [1.29, 1.82) is 0 Å². The normalized spacial score (nSPS) is 15.0. The van der Waals surface area contributed by atoms with Gasteiger partial charge >= 0.3 is 0 Å². The third kappa shape index (κ3) is 3.43. The van der Waals surface area contributed by atoms with Gasteiger partial charge in [0.2, 0.25) is 5.91 Å². The van der Waals surface area contributed by atoms with Crippen LogP contribution < -0.4 is 0 Å². The molecule has 1 heterocycles. The molecule has 3 rings (SSSR count). The summed E-state index contributed by atoms with van der Waals surface area (Å²) in [5.41, 5.74) is 0.681. The van der Waals surface area contributed by atoms with Gasteiger partial charge in [0.15, 0.2) is 0 Å². The maximum Gasteiger partial charge on any atom is 0.257 e. The molecule has 1 aliphatic rings. The van der Waals surface area contributed by atoms with Crippen molar-refractivity contribution in [2.45, 2.75) is 19.3 Å². The van der Waals surface area contributed by atoms with E-state index in [1.54, 1.807) is 23.1 Å². The average molecular weight is 352 g/mol. The van der Waals surface area contributed by atoms with Crippen LogP contribution in [0.5, 0.6) is 5.75 Å². The molecule has 2 aromatic rings. The Balaban J connectivity index is 1.66. The van der Waals surface area contributed by atoms with E-state index in [0.717, 1.165) is 5.56 Å². The van der Waals surface area contributed by atoms with Crippen molar-refractivity contribution in [2.24, 2.45) is 0 Å². The first kappa shape index (κ1) is 18.0. The van der Waals surface area contributed by atoms with E-state index in [1.807, 2.05) is 49.1 Å². The molecule has 26 heavy (non-hydrogen) atoms. The number of phenols is 1. The van der Waals surface area contributed by atoms with Crippen LogP contribution in [-0.2, 0) is 10.2 Å². The average Bonchev–Trinajstić information content (AvgIpc) is 2.68. The number of benzene rings is 2. The summed E-state index contributed by atoms with van der Waals surface area (Å²) in [5, 5.41) is 9.87. The van der Waals surface area contributed by atoms with Crippen molar-refractivity contribution in [3.63, 3.8) is 0 Å². The van der Waals surface area contributed by atoms with Crippen LogP contribution in [0.3, 0.4) is 0 Å². The fourth-order valence-electron chi connectivity index (χ4n) is 3.31. The molecule has 0 aromatic heterocycles. The second kappa shape index (κ2) is 7.20. The summed E-state index contributed by atoms with van der Waals surface area (Å²) < 4.78 is 0. The van der Waals surface area contributed by atoms with Gasteiger partial charge in [-0.2, -0.15) is 0 Å². The van der Waals surface area contributed by atoms with Gasteiger partial charge in [-0.3, -0.25) is 9.59 Å². The van der Waals surface area contributed by atoms with E-state index in [-0.39, 0.29) is 17.6 Å². The number of hydrogen-bond acceptors (Lipinski definition) is 3. The van der Waals surface area contributed by atoms with Crippen LogP contribution in [0.1, 0.15) is 29.8 Å². The van der Waals surface area contributed by atoms with Crippen molar-refractivity contribution in [3.05, 3.63) is 65.7 Å². The van der Waals surface area contributed by atoms with Gasteiger partial charge in [0.05, 0.1) is 11.0 Å². The van der Waals surface area contributed by atoms with Crippen LogP contribution in [0.25, 0.3) is 0 Å². The van der Waals surface area contributed by atoms with E-state index in [2.05, 4.69) is 0 Å². The van der Waals surface area contributed by atoms with Crippen LogP contribution in [0.15, 0.2) is 54.6 Å². The third-order valence-electron chi connectivity index (χ3n) is 5.02. The lowest BCUT2D eigenvalue weighted by atomic mass is 9.83. The minimum Gasteiger partial charge on any atom is -0.507 e. The number of aromatic hydroxyl groups is 1. The molecule has 1 N–H and O–H groups in total. The summed E-state index contributed by atoms with van der Waals surface area (Å²) >= 11 is 0. The monoisotopic (exact) mass is 352 g/mol. The molecule has 0 unspecified atom stereocenters. The maximum atomic E-state index is 13.0. The summed E-state index contributed by atoms with van der Waals surface area (Å²) in [5.74, 6) is -0.142. The molecule has 1 fully saturated rings. The van der Waals surface area contributed by atoms with Gasteiger partial charge in [-0.15, -0.1) is 0 Å². The molecule has 0 saturated carbocycles. The van der Waals surface area contributed by atoms with Crippen molar-refractivity contribution >= 4 is 11.8 Å². The molecular weight excluding hydrogens is 328 g/mol. The number of amides is 2. The Hall–Kier alpha value is -2.82. The summed E-state index contributed by atoms with van der Waals surface area (Å²) in [6, 6.07) is 16.3. The van der Waals surface area contributed by atoms with Gasteiger partial charge in [-0.1, -0.05) is 42.5 Å². The van der Waals surface area contributed by atoms with Crippen LogP contribution in [0.4, 0.5) is 0 Å². The predicted molar refractivity (Wildman–Crippen MR) is 100 cm³/mol. The molecule has 5 nitrogen and oxygen atoms in total. The molecular formula is C21H24N2O3. The van der Waals surface area contributed by atoms with Crippen LogP contribution in [0.2, 0.25) is 0 Å². The summed E-state index contributed by atoms with van der Waals surface area (Å²) in [6.45, 7) is 5.78. The number of para-hydroxylation sites is 1. The number of carbonyl (C=O) groups is 2. The summed E-state index contributed by atoms with van der Waals surface area (Å²) in [6.07, 6.45) is 0. The minimum atomic E-state index is -0.606. The van der Waals surface area contributed by atoms with Gasteiger partial charge < -0.3 is 14.9 Å². The Morgan fingerprint density at radius 3 is 2.00 bits per heavy atom. The van der Waals surface area contributed by atoms with E-state index < -0.39 is 5.41 Å². The summed E-state index contributed by atoms with van der Waals surface area (Å²) in [7, 11) is 0. The zero-order valence-electron chi connectivity index (χ0n) is 15.2. The largest absolute Gasteiger partial charge is 0.507 e. The number of hydrogen-bond donors (Lipinski definition) is 1. The van der Waals surface area contributed by atoms with Crippen molar-refractivity contribution < 1.29 is 14.7 Å². The fraction of sp³-hybridized carbons (Fsp3) is 0.333. The maximum absolute atomic E-state index is 13.0. The smallest absolute Gasteiger partial charge is 0.257 e. The second-order valence-corrected chi connectivity index (χ2v) is 7.09. The van der Waals surface area contributed by atoms with Crippen molar-refractivity contribution in [2.75, 3.05) is 26.2 Å². The number of piperazine rings is 1. The number of phenolic OH excluding ortho intramolecular Hbond substituents is 1. The summed E-state index contributed by atoms with van der Waals surface area (Å²) in [4.78, 5) is 29.1. The highest BCUT2D eigenvalue weighted by Gasteiger charge is 2.35. The minimum absolute atomic E-state index is 0.0128. The molecule has 2 amide bonds. The molecule has 1 aliphatic heterocycles. The van der Waals surface area contributed by atoms with E-state index in [9.17, 15) is 14.7 Å². The van der Waals surface area contributed by atoms with E-state index in [4.69, 9.17) is 0 Å². The van der Waals surface area contributed by atoms with Gasteiger partial charge in [0.1, 0.15) is 5.75 Å². The molecule has 136 valence electrons. The first-order valence-corrected chi connectivity index (χ1v) is 8.83. The fourth-order valence-corrected chi connectivity index (χ4v) is 3.31. The molecule has 0 spiro atoms. The van der Waals surface area contributed by atoms with Crippen LogP contribution in [-0.4, -0.2) is 52.9 Å². The number of rotatable bonds is 3. The van der Waals surface area contributed by atoms with Crippen molar-refractivity contribution in [3.8, 4) is 5.75 Å². The molecule has 0 atom stereocenters. The first-order chi connectivity index (χ1) is 12.4. The molecule has 1 saturated heterocycles. The van der Waals surface area contributed by atoms with E-state index in [1.165, 1.54) is 6.07 Å². The molecule has 5 heteroatoms. The SMILES string of the molecule is CC(C)(C(=O)N1CCN(C(=O)c2ccccc2O)CC1)c1ccccc1. The second-order valence-electron chi connectivity index (χ2n) is 7.09. The Kier molecular flexibility index (Phi) is 4.98. The highest BCUT2D eigenvalue weighted by Crippen LogP contribution is 2.26. The van der Waals surface area contributed by atoms with Crippen LogP contribution in [0, 0.1) is 0 Å².